The summed E-state index contributed by atoms with van der Waals surface area (Å²) < 4.78 is 0. The van der Waals surface area contributed by atoms with E-state index in [1.165, 1.54) is 38.8 Å². The van der Waals surface area contributed by atoms with Crippen LogP contribution in [-0.2, 0) is 0 Å². The van der Waals surface area contributed by atoms with Gasteiger partial charge in [0.25, 0.3) is 0 Å². The van der Waals surface area contributed by atoms with Crippen LogP contribution in [-0.4, -0.2) is 38.6 Å². The fraction of sp³-hybridized carbons (Fsp3) is 1.00. The van der Waals surface area contributed by atoms with Gasteiger partial charge in [-0.25, -0.2) is 0 Å². The summed E-state index contributed by atoms with van der Waals surface area (Å²) in [5, 5.41) is 3.56. The molecule has 0 aromatic rings. The number of rotatable bonds is 5. The minimum atomic E-state index is 0.539. The minimum Gasteiger partial charge on any atom is -0.316 e. The van der Waals surface area contributed by atoms with Crippen molar-refractivity contribution in [1.29, 1.82) is 0 Å². The summed E-state index contributed by atoms with van der Waals surface area (Å²) in [6, 6.07) is 0. The lowest BCUT2D eigenvalue weighted by Crippen LogP contribution is -2.44. The molecule has 1 N–H and O–H groups in total. The van der Waals surface area contributed by atoms with Crippen molar-refractivity contribution >= 4 is 0 Å². The zero-order valence-electron chi connectivity index (χ0n) is 11.0. The van der Waals surface area contributed by atoms with Crippen molar-refractivity contribution in [2.75, 3.05) is 33.7 Å². The summed E-state index contributed by atoms with van der Waals surface area (Å²) in [6.07, 6.45) is 5.66. The van der Waals surface area contributed by atoms with E-state index in [-0.39, 0.29) is 0 Å². The van der Waals surface area contributed by atoms with E-state index in [2.05, 4.69) is 38.2 Å². The third-order valence-corrected chi connectivity index (χ3v) is 3.59. The van der Waals surface area contributed by atoms with Crippen LogP contribution >= 0.6 is 0 Å². The molecule has 0 heterocycles. The molecule has 0 amide bonds. The maximum absolute atomic E-state index is 3.56. The molecule has 1 saturated carbocycles. The topological polar surface area (TPSA) is 15.3 Å². The van der Waals surface area contributed by atoms with E-state index in [9.17, 15) is 0 Å². The Balaban J connectivity index is 2.57. The maximum Gasteiger partial charge on any atom is 0.00441 e. The van der Waals surface area contributed by atoms with Crippen molar-refractivity contribution in [3.05, 3.63) is 0 Å². The smallest absolute Gasteiger partial charge is 0.00441 e. The standard InChI is InChI=1S/C13H28N2/c1-5-14-10-13(11-15(3)4)8-6-7-12(2)9-13/h12,14H,5-11H2,1-4H3. The normalized spacial score (nSPS) is 32.2. The molecule has 0 spiro atoms. The Labute approximate surface area is 95.4 Å². The molecule has 0 aromatic carbocycles. The number of nitrogens with zero attached hydrogens (tertiary/aromatic N) is 1. The Bertz CT molecular complexity index is 175. The molecule has 2 heteroatoms. The summed E-state index contributed by atoms with van der Waals surface area (Å²) in [4.78, 5) is 2.36. The zero-order valence-corrected chi connectivity index (χ0v) is 11.0. The first-order chi connectivity index (χ1) is 7.08. The van der Waals surface area contributed by atoms with Gasteiger partial charge in [0, 0.05) is 13.1 Å². The van der Waals surface area contributed by atoms with Crippen molar-refractivity contribution in [3.63, 3.8) is 0 Å². The first-order valence-electron chi connectivity index (χ1n) is 6.43. The Morgan fingerprint density at radius 2 is 2.13 bits per heavy atom. The molecule has 2 atom stereocenters. The lowest BCUT2D eigenvalue weighted by Gasteiger charge is -2.42. The van der Waals surface area contributed by atoms with Crippen molar-refractivity contribution in [3.8, 4) is 0 Å². The largest absolute Gasteiger partial charge is 0.316 e. The lowest BCUT2D eigenvalue weighted by molar-refractivity contribution is 0.103. The predicted molar refractivity (Wildman–Crippen MR) is 67.2 cm³/mol. The summed E-state index contributed by atoms with van der Waals surface area (Å²) >= 11 is 0. The second-order valence-electron chi connectivity index (χ2n) is 5.72. The molecule has 90 valence electrons. The molecule has 1 aliphatic rings. The minimum absolute atomic E-state index is 0.539. The van der Waals surface area contributed by atoms with E-state index in [1.54, 1.807) is 0 Å². The van der Waals surface area contributed by atoms with E-state index >= 15 is 0 Å². The molecule has 0 aromatic heterocycles. The average molecular weight is 212 g/mol. The van der Waals surface area contributed by atoms with Crippen LogP contribution in [0.2, 0.25) is 0 Å². The van der Waals surface area contributed by atoms with Crippen LogP contribution in [0.5, 0.6) is 0 Å². The molecular weight excluding hydrogens is 184 g/mol. The van der Waals surface area contributed by atoms with Gasteiger partial charge in [-0.1, -0.05) is 26.7 Å². The highest BCUT2D eigenvalue weighted by molar-refractivity contribution is 4.88. The average Bonchev–Trinajstić information content (AvgIpc) is 2.13. The van der Waals surface area contributed by atoms with Gasteiger partial charge in [-0.3, -0.25) is 0 Å². The van der Waals surface area contributed by atoms with Gasteiger partial charge in [0.1, 0.15) is 0 Å². The highest BCUT2D eigenvalue weighted by Gasteiger charge is 2.34. The molecule has 2 unspecified atom stereocenters. The van der Waals surface area contributed by atoms with Crippen LogP contribution < -0.4 is 5.32 Å². The van der Waals surface area contributed by atoms with E-state index < -0.39 is 0 Å². The monoisotopic (exact) mass is 212 g/mol. The zero-order chi connectivity index (χ0) is 11.3. The molecule has 15 heavy (non-hydrogen) atoms. The number of hydrogen-bond donors (Lipinski definition) is 1. The van der Waals surface area contributed by atoms with Gasteiger partial charge in [0.05, 0.1) is 0 Å². The molecule has 1 aliphatic carbocycles. The van der Waals surface area contributed by atoms with Gasteiger partial charge in [0.2, 0.25) is 0 Å². The van der Waals surface area contributed by atoms with Crippen molar-refractivity contribution < 1.29 is 0 Å². The van der Waals surface area contributed by atoms with E-state index in [0.29, 0.717) is 5.41 Å². The van der Waals surface area contributed by atoms with Crippen molar-refractivity contribution in [2.45, 2.75) is 39.5 Å². The SMILES string of the molecule is CCNCC1(CN(C)C)CCCC(C)C1. The van der Waals surface area contributed by atoms with Crippen LogP contribution in [0, 0.1) is 11.3 Å². The Kier molecular flexibility index (Phi) is 5.07. The maximum atomic E-state index is 3.56. The lowest BCUT2D eigenvalue weighted by atomic mass is 9.69. The summed E-state index contributed by atoms with van der Waals surface area (Å²) in [5.41, 5.74) is 0.539. The van der Waals surface area contributed by atoms with E-state index in [1.807, 2.05) is 0 Å². The van der Waals surface area contributed by atoms with Crippen molar-refractivity contribution in [2.24, 2.45) is 11.3 Å². The Morgan fingerprint density at radius 3 is 2.67 bits per heavy atom. The molecule has 0 radical (unpaired) electrons. The summed E-state index contributed by atoms with van der Waals surface area (Å²) in [6.45, 7) is 8.16. The van der Waals surface area contributed by atoms with Gasteiger partial charge in [-0.15, -0.1) is 0 Å². The molecule has 2 nitrogen and oxygen atoms in total. The summed E-state index contributed by atoms with van der Waals surface area (Å²) in [7, 11) is 4.40. The Morgan fingerprint density at radius 1 is 1.40 bits per heavy atom. The van der Waals surface area contributed by atoms with Gasteiger partial charge >= 0.3 is 0 Å². The fourth-order valence-corrected chi connectivity index (χ4v) is 3.19. The molecular formula is C13H28N2. The van der Waals surface area contributed by atoms with E-state index in [0.717, 1.165) is 12.5 Å². The van der Waals surface area contributed by atoms with Gasteiger partial charge < -0.3 is 10.2 Å². The van der Waals surface area contributed by atoms with Gasteiger partial charge in [-0.2, -0.15) is 0 Å². The van der Waals surface area contributed by atoms with E-state index in [4.69, 9.17) is 0 Å². The van der Waals surface area contributed by atoms with Crippen LogP contribution in [0.3, 0.4) is 0 Å². The van der Waals surface area contributed by atoms with Crippen LogP contribution in [0.25, 0.3) is 0 Å². The number of nitrogens with one attached hydrogen (secondary N) is 1. The second-order valence-corrected chi connectivity index (χ2v) is 5.72. The second kappa shape index (κ2) is 5.86. The molecule has 0 bridgehead atoms. The predicted octanol–water partition coefficient (Wildman–Crippen LogP) is 2.35. The first-order valence-corrected chi connectivity index (χ1v) is 6.43. The summed E-state index contributed by atoms with van der Waals surface area (Å²) in [5.74, 6) is 0.914. The van der Waals surface area contributed by atoms with Gasteiger partial charge in [0.15, 0.2) is 0 Å². The fourth-order valence-electron chi connectivity index (χ4n) is 3.19. The molecule has 1 fully saturated rings. The molecule has 1 rings (SSSR count). The molecule has 0 saturated heterocycles. The Hall–Kier alpha value is -0.0800. The highest BCUT2D eigenvalue weighted by atomic mass is 15.1. The molecule has 0 aliphatic heterocycles. The first kappa shape index (κ1) is 13.0. The quantitative estimate of drug-likeness (QED) is 0.752. The third kappa shape index (κ3) is 4.12. The van der Waals surface area contributed by atoms with Crippen LogP contribution in [0.15, 0.2) is 0 Å². The number of hydrogen-bond acceptors (Lipinski definition) is 2. The van der Waals surface area contributed by atoms with Crippen LogP contribution in [0.1, 0.15) is 39.5 Å². The third-order valence-electron chi connectivity index (χ3n) is 3.59. The van der Waals surface area contributed by atoms with Crippen molar-refractivity contribution in [1.82, 2.24) is 10.2 Å². The highest BCUT2D eigenvalue weighted by Crippen LogP contribution is 2.39. The van der Waals surface area contributed by atoms with Gasteiger partial charge in [-0.05, 0) is 44.8 Å². The van der Waals surface area contributed by atoms with Crippen LogP contribution in [0.4, 0.5) is 0 Å².